The van der Waals surface area contributed by atoms with Gasteiger partial charge in [0, 0.05) is 23.6 Å². The van der Waals surface area contributed by atoms with Gasteiger partial charge in [0.05, 0.1) is 0 Å². The quantitative estimate of drug-likeness (QED) is 0.692. The highest BCUT2D eigenvalue weighted by molar-refractivity contribution is 5.96. The maximum atomic E-state index is 12.1. The van der Waals surface area contributed by atoms with Crippen molar-refractivity contribution in [3.05, 3.63) is 29.8 Å². The van der Waals surface area contributed by atoms with Crippen molar-refractivity contribution in [3.63, 3.8) is 0 Å². The van der Waals surface area contributed by atoms with Crippen LogP contribution in [0, 0.1) is 5.92 Å². The van der Waals surface area contributed by atoms with Crippen molar-refractivity contribution in [2.24, 2.45) is 5.92 Å². The van der Waals surface area contributed by atoms with E-state index in [0.717, 1.165) is 38.5 Å². The van der Waals surface area contributed by atoms with Crippen LogP contribution in [0.3, 0.4) is 0 Å². The van der Waals surface area contributed by atoms with Crippen molar-refractivity contribution < 1.29 is 14.4 Å². The molecule has 2 rings (SSSR count). The topological polar surface area (TPSA) is 87.3 Å². The first-order valence-corrected chi connectivity index (χ1v) is 9.10. The lowest BCUT2D eigenvalue weighted by Crippen LogP contribution is -2.44. The molecule has 1 saturated carbocycles. The van der Waals surface area contributed by atoms with Gasteiger partial charge in [-0.15, -0.1) is 0 Å². The number of hydrogen-bond acceptors (Lipinski definition) is 3. The summed E-state index contributed by atoms with van der Waals surface area (Å²) >= 11 is 0. The molecule has 0 saturated heterocycles. The van der Waals surface area contributed by atoms with Crippen molar-refractivity contribution in [2.75, 3.05) is 5.32 Å². The highest BCUT2D eigenvalue weighted by Crippen LogP contribution is 2.23. The SMILES string of the molecule is CCCCC(=O)Nc1ccc(C(=O)NNC(=O)C2CCCCC2)cc1. The summed E-state index contributed by atoms with van der Waals surface area (Å²) < 4.78 is 0. The maximum Gasteiger partial charge on any atom is 0.269 e. The number of carbonyl (C=O) groups is 3. The molecule has 0 atom stereocenters. The number of unbranched alkanes of at least 4 members (excludes halogenated alkanes) is 1. The van der Waals surface area contributed by atoms with Gasteiger partial charge in [-0.2, -0.15) is 0 Å². The lowest BCUT2D eigenvalue weighted by molar-refractivity contribution is -0.126. The fourth-order valence-electron chi connectivity index (χ4n) is 2.92. The summed E-state index contributed by atoms with van der Waals surface area (Å²) in [5.74, 6) is -0.519. The van der Waals surface area contributed by atoms with Crippen LogP contribution in [0.1, 0.15) is 68.6 Å². The van der Waals surface area contributed by atoms with Gasteiger partial charge in [0.2, 0.25) is 11.8 Å². The van der Waals surface area contributed by atoms with E-state index in [0.29, 0.717) is 17.7 Å². The summed E-state index contributed by atoms with van der Waals surface area (Å²) in [6.07, 6.45) is 7.40. The number of amides is 3. The van der Waals surface area contributed by atoms with E-state index in [9.17, 15) is 14.4 Å². The van der Waals surface area contributed by atoms with Crippen LogP contribution in [0.5, 0.6) is 0 Å². The number of hydrogen-bond donors (Lipinski definition) is 3. The second kappa shape index (κ2) is 9.81. The van der Waals surface area contributed by atoms with Crippen molar-refractivity contribution in [2.45, 2.75) is 58.3 Å². The summed E-state index contributed by atoms with van der Waals surface area (Å²) in [6.45, 7) is 2.04. The number of rotatable bonds is 6. The summed E-state index contributed by atoms with van der Waals surface area (Å²) in [7, 11) is 0. The predicted octanol–water partition coefficient (Wildman–Crippen LogP) is 3.16. The van der Waals surface area contributed by atoms with E-state index in [1.807, 2.05) is 6.92 Å². The van der Waals surface area contributed by atoms with Crippen LogP contribution < -0.4 is 16.2 Å². The average Bonchev–Trinajstić information content (AvgIpc) is 2.65. The second-order valence-electron chi connectivity index (χ2n) is 6.51. The normalized spacial score (nSPS) is 14.6. The smallest absolute Gasteiger partial charge is 0.269 e. The Labute approximate surface area is 148 Å². The van der Waals surface area contributed by atoms with E-state index >= 15 is 0 Å². The van der Waals surface area contributed by atoms with Gasteiger partial charge in [0.15, 0.2) is 0 Å². The van der Waals surface area contributed by atoms with Crippen LogP contribution in [-0.2, 0) is 9.59 Å². The first-order valence-electron chi connectivity index (χ1n) is 9.10. The lowest BCUT2D eigenvalue weighted by Gasteiger charge is -2.20. The summed E-state index contributed by atoms with van der Waals surface area (Å²) in [6, 6.07) is 6.61. The van der Waals surface area contributed by atoms with E-state index in [1.54, 1.807) is 24.3 Å². The molecular weight excluding hydrogens is 318 g/mol. The van der Waals surface area contributed by atoms with E-state index in [1.165, 1.54) is 6.42 Å². The minimum atomic E-state index is -0.368. The Balaban J connectivity index is 1.79. The average molecular weight is 345 g/mol. The molecule has 6 nitrogen and oxygen atoms in total. The maximum absolute atomic E-state index is 12.1. The Morgan fingerprint density at radius 1 is 1.00 bits per heavy atom. The molecule has 25 heavy (non-hydrogen) atoms. The van der Waals surface area contributed by atoms with Crippen LogP contribution in [0.4, 0.5) is 5.69 Å². The third-order valence-electron chi connectivity index (χ3n) is 4.46. The highest BCUT2D eigenvalue weighted by atomic mass is 16.2. The van der Waals surface area contributed by atoms with Crippen molar-refractivity contribution >= 4 is 23.4 Å². The van der Waals surface area contributed by atoms with Gasteiger partial charge in [0.25, 0.3) is 5.91 Å². The molecular formula is C19H27N3O3. The number of benzene rings is 1. The molecule has 1 aliphatic rings. The Morgan fingerprint density at radius 2 is 1.68 bits per heavy atom. The third kappa shape index (κ3) is 6.21. The first-order chi connectivity index (χ1) is 12.1. The summed E-state index contributed by atoms with van der Waals surface area (Å²) in [5.41, 5.74) is 6.05. The van der Waals surface area contributed by atoms with Gasteiger partial charge in [-0.3, -0.25) is 25.2 Å². The van der Waals surface area contributed by atoms with Gasteiger partial charge in [-0.1, -0.05) is 32.6 Å². The van der Waals surface area contributed by atoms with E-state index in [-0.39, 0.29) is 23.6 Å². The number of anilines is 1. The molecule has 0 unspecified atom stereocenters. The fourth-order valence-corrected chi connectivity index (χ4v) is 2.92. The van der Waals surface area contributed by atoms with Crippen LogP contribution in [0.2, 0.25) is 0 Å². The van der Waals surface area contributed by atoms with Crippen molar-refractivity contribution in [1.29, 1.82) is 0 Å². The summed E-state index contributed by atoms with van der Waals surface area (Å²) in [4.78, 5) is 35.8. The minimum Gasteiger partial charge on any atom is -0.326 e. The zero-order chi connectivity index (χ0) is 18.1. The monoisotopic (exact) mass is 345 g/mol. The zero-order valence-corrected chi connectivity index (χ0v) is 14.8. The van der Waals surface area contributed by atoms with E-state index in [4.69, 9.17) is 0 Å². The van der Waals surface area contributed by atoms with E-state index < -0.39 is 0 Å². The Morgan fingerprint density at radius 3 is 2.32 bits per heavy atom. The molecule has 0 bridgehead atoms. The molecule has 136 valence electrons. The van der Waals surface area contributed by atoms with Crippen molar-refractivity contribution in [1.82, 2.24) is 10.9 Å². The molecule has 1 aromatic carbocycles. The number of nitrogens with one attached hydrogen (secondary N) is 3. The molecule has 3 amide bonds. The molecule has 0 spiro atoms. The van der Waals surface area contributed by atoms with Gasteiger partial charge in [0.1, 0.15) is 0 Å². The molecule has 0 radical (unpaired) electrons. The van der Waals surface area contributed by atoms with Gasteiger partial charge in [-0.05, 0) is 43.5 Å². The Bertz CT molecular complexity index is 592. The standard InChI is InChI=1S/C19H27N3O3/c1-2-3-9-17(23)20-16-12-10-15(11-13-16)19(25)22-21-18(24)14-7-5-4-6-8-14/h10-14H,2-9H2,1H3,(H,20,23)(H,21,24)(H,22,25). The fraction of sp³-hybridized carbons (Fsp3) is 0.526. The van der Waals surface area contributed by atoms with Crippen LogP contribution in [-0.4, -0.2) is 17.7 Å². The minimum absolute atomic E-state index is 0.00485. The molecule has 1 fully saturated rings. The zero-order valence-electron chi connectivity index (χ0n) is 14.8. The molecule has 0 aliphatic heterocycles. The molecule has 0 aromatic heterocycles. The third-order valence-corrected chi connectivity index (χ3v) is 4.46. The summed E-state index contributed by atoms with van der Waals surface area (Å²) in [5, 5.41) is 2.80. The largest absolute Gasteiger partial charge is 0.326 e. The number of carbonyl (C=O) groups excluding carboxylic acids is 3. The Hall–Kier alpha value is -2.37. The van der Waals surface area contributed by atoms with Gasteiger partial charge < -0.3 is 5.32 Å². The van der Waals surface area contributed by atoms with Crippen LogP contribution in [0.15, 0.2) is 24.3 Å². The first kappa shape index (κ1) is 19.0. The predicted molar refractivity (Wildman–Crippen MR) is 96.8 cm³/mol. The van der Waals surface area contributed by atoms with Crippen molar-refractivity contribution in [3.8, 4) is 0 Å². The molecule has 1 aromatic rings. The van der Waals surface area contributed by atoms with Crippen LogP contribution >= 0.6 is 0 Å². The second-order valence-corrected chi connectivity index (χ2v) is 6.51. The highest BCUT2D eigenvalue weighted by Gasteiger charge is 2.21. The number of hydrazine groups is 1. The molecule has 6 heteroatoms. The molecule has 1 aliphatic carbocycles. The lowest BCUT2D eigenvalue weighted by atomic mass is 9.89. The molecule has 3 N–H and O–H groups in total. The van der Waals surface area contributed by atoms with Crippen LogP contribution in [0.25, 0.3) is 0 Å². The van der Waals surface area contributed by atoms with Gasteiger partial charge >= 0.3 is 0 Å². The van der Waals surface area contributed by atoms with Gasteiger partial charge in [-0.25, -0.2) is 0 Å². The van der Waals surface area contributed by atoms with E-state index in [2.05, 4.69) is 16.2 Å². The Kier molecular flexibility index (Phi) is 7.44. The molecule has 0 heterocycles.